The van der Waals surface area contributed by atoms with Gasteiger partial charge in [-0.25, -0.2) is 4.90 Å². The third-order valence-corrected chi connectivity index (χ3v) is 3.16. The number of benzene rings is 1. The van der Waals surface area contributed by atoms with E-state index in [-0.39, 0.29) is 22.9 Å². The molecular weight excluding hydrogens is 242 g/mol. The summed E-state index contributed by atoms with van der Waals surface area (Å²) in [6.07, 6.45) is 0.608. The van der Waals surface area contributed by atoms with Crippen LogP contribution < -0.4 is 10.6 Å². The Bertz CT molecular complexity index is 579. The number of amides is 2. The second-order valence-electron chi connectivity index (χ2n) is 5.53. The summed E-state index contributed by atoms with van der Waals surface area (Å²) in [6.45, 7) is 3.78. The number of hydrogen-bond donors (Lipinski definition) is 1. The molecule has 0 bridgehead atoms. The molecule has 1 aliphatic heterocycles. The molecule has 1 aromatic carbocycles. The first-order valence-electron chi connectivity index (χ1n) is 5.99. The summed E-state index contributed by atoms with van der Waals surface area (Å²) in [5.41, 5.74) is 6.54. The zero-order valence-corrected chi connectivity index (χ0v) is 10.9. The van der Waals surface area contributed by atoms with E-state index in [9.17, 15) is 9.59 Å². The smallest absolute Gasteiger partial charge is 0.234 e. The summed E-state index contributed by atoms with van der Waals surface area (Å²) in [4.78, 5) is 25.4. The molecule has 0 spiro atoms. The highest BCUT2D eigenvalue weighted by Gasteiger charge is 2.38. The highest BCUT2D eigenvalue weighted by molar-refractivity contribution is 6.18. The molecular formula is C14H15N3O2. The number of carbonyl (C=O) groups excluding carboxylic acids is 2. The Labute approximate surface area is 111 Å². The largest absolute Gasteiger partial charge is 0.397 e. The van der Waals surface area contributed by atoms with Crippen molar-refractivity contribution in [2.75, 3.05) is 10.6 Å². The molecule has 2 rings (SSSR count). The van der Waals surface area contributed by atoms with E-state index in [1.807, 2.05) is 19.9 Å². The number of imide groups is 1. The number of hydrogen-bond acceptors (Lipinski definition) is 4. The average Bonchev–Trinajstić information content (AvgIpc) is 2.28. The van der Waals surface area contributed by atoms with E-state index in [4.69, 9.17) is 11.0 Å². The normalized spacial score (nSPS) is 18.3. The number of nitriles is 1. The Balaban J connectivity index is 2.40. The van der Waals surface area contributed by atoms with Gasteiger partial charge in [0.2, 0.25) is 11.8 Å². The van der Waals surface area contributed by atoms with Crippen LogP contribution in [0, 0.1) is 16.7 Å². The fraction of sp³-hybridized carbons (Fsp3) is 0.357. The highest BCUT2D eigenvalue weighted by atomic mass is 16.2. The van der Waals surface area contributed by atoms with Crippen LogP contribution in [0.15, 0.2) is 18.2 Å². The van der Waals surface area contributed by atoms with Crippen molar-refractivity contribution in [1.29, 1.82) is 5.26 Å². The van der Waals surface area contributed by atoms with E-state index in [1.165, 1.54) is 6.07 Å². The van der Waals surface area contributed by atoms with Gasteiger partial charge in [-0.3, -0.25) is 9.59 Å². The summed E-state index contributed by atoms with van der Waals surface area (Å²) in [7, 11) is 0. The number of nitrogens with zero attached hydrogens (tertiary/aromatic N) is 2. The quantitative estimate of drug-likeness (QED) is 0.614. The molecule has 0 saturated carbocycles. The summed E-state index contributed by atoms with van der Waals surface area (Å²) in [5, 5.41) is 8.78. The van der Waals surface area contributed by atoms with Gasteiger partial charge >= 0.3 is 0 Å². The predicted octanol–water partition coefficient (Wildman–Crippen LogP) is 1.82. The van der Waals surface area contributed by atoms with Crippen molar-refractivity contribution in [3.8, 4) is 6.07 Å². The molecule has 98 valence electrons. The van der Waals surface area contributed by atoms with E-state index in [0.717, 1.165) is 4.90 Å². The Morgan fingerprint density at radius 2 is 1.84 bits per heavy atom. The second kappa shape index (κ2) is 4.39. The van der Waals surface area contributed by atoms with Gasteiger partial charge in [0, 0.05) is 12.8 Å². The maximum atomic E-state index is 12.1. The Hall–Kier alpha value is -2.35. The summed E-state index contributed by atoms with van der Waals surface area (Å²) in [5.74, 6) is -0.504. The number of piperidine rings is 1. The fourth-order valence-corrected chi connectivity index (χ4v) is 2.27. The standard InChI is InChI=1S/C14H15N3O2/c1-14(2)6-12(18)17(13(19)7-14)11-4-3-9(8-15)5-10(11)16/h3-5H,6-7,16H2,1-2H3. The van der Waals surface area contributed by atoms with Crippen LogP contribution in [0.5, 0.6) is 0 Å². The van der Waals surface area contributed by atoms with E-state index >= 15 is 0 Å². The van der Waals surface area contributed by atoms with Gasteiger partial charge in [0.1, 0.15) is 0 Å². The Morgan fingerprint density at radius 3 is 2.32 bits per heavy atom. The molecule has 1 fully saturated rings. The molecule has 5 heteroatoms. The fourth-order valence-electron chi connectivity index (χ4n) is 2.27. The lowest BCUT2D eigenvalue weighted by atomic mass is 9.81. The van der Waals surface area contributed by atoms with Gasteiger partial charge in [0.15, 0.2) is 0 Å². The third kappa shape index (κ3) is 2.43. The van der Waals surface area contributed by atoms with E-state index < -0.39 is 0 Å². The Morgan fingerprint density at radius 1 is 1.26 bits per heavy atom. The zero-order chi connectivity index (χ0) is 14.2. The van der Waals surface area contributed by atoms with Crippen LogP contribution in [0.25, 0.3) is 0 Å². The van der Waals surface area contributed by atoms with Crippen LogP contribution in [0.1, 0.15) is 32.3 Å². The SMILES string of the molecule is CC1(C)CC(=O)N(c2ccc(C#N)cc2N)C(=O)C1. The molecule has 0 aliphatic carbocycles. The van der Waals surface area contributed by atoms with Gasteiger partial charge in [-0.05, 0) is 23.6 Å². The van der Waals surface area contributed by atoms with Gasteiger partial charge in [0.05, 0.1) is 23.0 Å². The lowest BCUT2D eigenvalue weighted by Crippen LogP contribution is -2.46. The van der Waals surface area contributed by atoms with E-state index in [0.29, 0.717) is 24.1 Å². The van der Waals surface area contributed by atoms with Gasteiger partial charge in [-0.15, -0.1) is 0 Å². The average molecular weight is 257 g/mol. The first-order chi connectivity index (χ1) is 8.84. The van der Waals surface area contributed by atoms with Crippen LogP contribution >= 0.6 is 0 Å². The van der Waals surface area contributed by atoms with Gasteiger partial charge < -0.3 is 5.73 Å². The monoisotopic (exact) mass is 257 g/mol. The predicted molar refractivity (Wildman–Crippen MR) is 71.1 cm³/mol. The molecule has 2 amide bonds. The van der Waals surface area contributed by atoms with E-state index in [1.54, 1.807) is 12.1 Å². The van der Waals surface area contributed by atoms with Gasteiger partial charge in [0.25, 0.3) is 0 Å². The van der Waals surface area contributed by atoms with Crippen molar-refractivity contribution in [1.82, 2.24) is 0 Å². The van der Waals surface area contributed by atoms with Crippen molar-refractivity contribution in [2.24, 2.45) is 5.41 Å². The van der Waals surface area contributed by atoms with Crippen LogP contribution in [0.2, 0.25) is 0 Å². The molecule has 0 radical (unpaired) electrons. The first-order valence-corrected chi connectivity index (χ1v) is 5.99. The van der Waals surface area contributed by atoms with Crippen LogP contribution in [0.3, 0.4) is 0 Å². The molecule has 19 heavy (non-hydrogen) atoms. The van der Waals surface area contributed by atoms with Crippen LogP contribution in [0.4, 0.5) is 11.4 Å². The van der Waals surface area contributed by atoms with Gasteiger partial charge in [-0.1, -0.05) is 13.8 Å². The molecule has 1 heterocycles. The molecule has 1 saturated heterocycles. The number of rotatable bonds is 1. The maximum Gasteiger partial charge on any atom is 0.234 e. The number of nitrogens with two attached hydrogens (primary N) is 1. The highest BCUT2D eigenvalue weighted by Crippen LogP contribution is 2.36. The van der Waals surface area contributed by atoms with Crippen molar-refractivity contribution >= 4 is 23.2 Å². The number of anilines is 2. The van der Waals surface area contributed by atoms with E-state index in [2.05, 4.69) is 0 Å². The minimum Gasteiger partial charge on any atom is -0.397 e. The molecule has 5 nitrogen and oxygen atoms in total. The van der Waals surface area contributed by atoms with Crippen LogP contribution in [-0.2, 0) is 9.59 Å². The first kappa shape index (κ1) is 13.1. The minimum atomic E-state index is -0.313. The summed E-state index contributed by atoms with van der Waals surface area (Å²) >= 11 is 0. The molecule has 1 aliphatic rings. The van der Waals surface area contributed by atoms with Crippen molar-refractivity contribution in [3.05, 3.63) is 23.8 Å². The lowest BCUT2D eigenvalue weighted by Gasteiger charge is -2.35. The van der Waals surface area contributed by atoms with Crippen molar-refractivity contribution in [3.63, 3.8) is 0 Å². The molecule has 0 atom stereocenters. The summed E-state index contributed by atoms with van der Waals surface area (Å²) < 4.78 is 0. The number of carbonyl (C=O) groups is 2. The molecule has 0 unspecified atom stereocenters. The third-order valence-electron chi connectivity index (χ3n) is 3.16. The van der Waals surface area contributed by atoms with Crippen LogP contribution in [-0.4, -0.2) is 11.8 Å². The zero-order valence-electron chi connectivity index (χ0n) is 10.9. The second-order valence-corrected chi connectivity index (χ2v) is 5.53. The number of nitrogen functional groups attached to an aromatic ring is 1. The molecule has 1 aromatic rings. The van der Waals surface area contributed by atoms with Gasteiger partial charge in [-0.2, -0.15) is 5.26 Å². The lowest BCUT2D eigenvalue weighted by molar-refractivity contribution is -0.132. The summed E-state index contributed by atoms with van der Waals surface area (Å²) in [6, 6.07) is 6.52. The minimum absolute atomic E-state index is 0.252. The van der Waals surface area contributed by atoms with Crippen molar-refractivity contribution < 1.29 is 9.59 Å². The van der Waals surface area contributed by atoms with Crippen molar-refractivity contribution in [2.45, 2.75) is 26.7 Å². The molecule has 2 N–H and O–H groups in total. The topological polar surface area (TPSA) is 87.2 Å². The molecule has 0 aromatic heterocycles. The maximum absolute atomic E-state index is 12.1. The Kier molecular flexibility index (Phi) is 3.03.